The van der Waals surface area contributed by atoms with Gasteiger partial charge in [-0.3, -0.25) is 9.59 Å². The number of hydrogen-bond donors (Lipinski definition) is 1. The van der Waals surface area contributed by atoms with E-state index in [4.69, 9.17) is 0 Å². The van der Waals surface area contributed by atoms with Crippen LogP contribution in [-0.4, -0.2) is 28.3 Å². The topological polar surface area (TPSA) is 49.4 Å². The fourth-order valence-electron chi connectivity index (χ4n) is 3.02. The van der Waals surface area contributed by atoms with Gasteiger partial charge in [-0.1, -0.05) is 54.1 Å². The molecule has 0 aliphatic carbocycles. The molecule has 1 N–H and O–H groups in total. The van der Waals surface area contributed by atoms with Gasteiger partial charge in [0.1, 0.15) is 6.04 Å². The van der Waals surface area contributed by atoms with E-state index in [1.54, 1.807) is 11.8 Å². The van der Waals surface area contributed by atoms with Crippen LogP contribution < -0.4 is 5.32 Å². The van der Waals surface area contributed by atoms with E-state index in [0.29, 0.717) is 6.54 Å². The summed E-state index contributed by atoms with van der Waals surface area (Å²) in [5.74, 6) is -0.191. The molecule has 0 aromatic heterocycles. The Morgan fingerprint density at radius 1 is 1.00 bits per heavy atom. The van der Waals surface area contributed by atoms with Gasteiger partial charge >= 0.3 is 0 Å². The quantitative estimate of drug-likeness (QED) is 0.817. The zero-order valence-electron chi connectivity index (χ0n) is 17.9. The monoisotopic (exact) mass is 380 g/mol. The van der Waals surface area contributed by atoms with Crippen molar-refractivity contribution in [3.8, 4) is 0 Å². The van der Waals surface area contributed by atoms with Crippen molar-refractivity contribution >= 4 is 11.8 Å². The van der Waals surface area contributed by atoms with Crippen LogP contribution in [0.3, 0.4) is 0 Å². The van der Waals surface area contributed by atoms with Gasteiger partial charge in [0.2, 0.25) is 11.8 Å². The summed E-state index contributed by atoms with van der Waals surface area (Å²) in [7, 11) is 0. The molecule has 0 fully saturated rings. The Morgan fingerprint density at radius 2 is 1.61 bits per heavy atom. The predicted molar refractivity (Wildman–Crippen MR) is 114 cm³/mol. The molecule has 0 bridgehead atoms. The maximum atomic E-state index is 13.2. The highest BCUT2D eigenvalue weighted by Crippen LogP contribution is 2.15. The highest BCUT2D eigenvalue weighted by Gasteiger charge is 2.28. The van der Waals surface area contributed by atoms with Gasteiger partial charge in [-0.25, -0.2) is 0 Å². The van der Waals surface area contributed by atoms with E-state index in [0.717, 1.165) is 16.7 Å². The van der Waals surface area contributed by atoms with E-state index in [-0.39, 0.29) is 23.8 Å². The number of aryl methyl sites for hydroxylation is 2. The first-order chi connectivity index (χ1) is 13.1. The Labute approximate surface area is 169 Å². The highest BCUT2D eigenvalue weighted by atomic mass is 16.2. The summed E-state index contributed by atoms with van der Waals surface area (Å²) in [6.07, 6.45) is 0.283. The fourth-order valence-corrected chi connectivity index (χ4v) is 3.02. The Kier molecular flexibility index (Phi) is 7.00. The summed E-state index contributed by atoms with van der Waals surface area (Å²) < 4.78 is 0. The Morgan fingerprint density at radius 3 is 2.18 bits per heavy atom. The van der Waals surface area contributed by atoms with Gasteiger partial charge in [-0.15, -0.1) is 0 Å². The molecule has 0 aliphatic heterocycles. The number of amides is 2. The molecule has 28 heavy (non-hydrogen) atoms. The third-order valence-corrected chi connectivity index (χ3v) is 4.74. The summed E-state index contributed by atoms with van der Waals surface area (Å²) in [5.41, 5.74) is 3.90. The highest BCUT2D eigenvalue weighted by molar-refractivity contribution is 5.88. The maximum absolute atomic E-state index is 13.2. The van der Waals surface area contributed by atoms with E-state index in [1.165, 1.54) is 5.56 Å². The van der Waals surface area contributed by atoms with Crippen molar-refractivity contribution in [1.82, 2.24) is 10.2 Å². The standard InChI is InChI=1S/C24H32N2O2/c1-17-11-13-20(14-12-17)16-26(19(3)23(28)25-24(4,5)6)22(27)15-21-10-8-7-9-18(21)2/h7-14,19H,15-16H2,1-6H3,(H,25,28). The first-order valence-electron chi connectivity index (χ1n) is 9.78. The van der Waals surface area contributed by atoms with Gasteiger partial charge in [0.15, 0.2) is 0 Å². The maximum Gasteiger partial charge on any atom is 0.242 e. The molecule has 2 amide bonds. The zero-order valence-corrected chi connectivity index (χ0v) is 17.9. The van der Waals surface area contributed by atoms with E-state index in [9.17, 15) is 9.59 Å². The predicted octanol–water partition coefficient (Wildman–Crippen LogP) is 4.18. The van der Waals surface area contributed by atoms with Crippen LogP contribution in [0, 0.1) is 13.8 Å². The second-order valence-corrected chi connectivity index (χ2v) is 8.53. The number of benzene rings is 2. The van der Waals surface area contributed by atoms with Gasteiger partial charge in [-0.2, -0.15) is 0 Å². The van der Waals surface area contributed by atoms with Crippen molar-refractivity contribution < 1.29 is 9.59 Å². The fraction of sp³-hybridized carbons (Fsp3) is 0.417. The average molecular weight is 381 g/mol. The lowest BCUT2D eigenvalue weighted by atomic mass is 10.0. The lowest BCUT2D eigenvalue weighted by Gasteiger charge is -2.31. The van der Waals surface area contributed by atoms with Crippen LogP contribution in [-0.2, 0) is 22.6 Å². The van der Waals surface area contributed by atoms with Crippen molar-refractivity contribution in [3.05, 3.63) is 70.8 Å². The molecule has 4 nitrogen and oxygen atoms in total. The van der Waals surface area contributed by atoms with Gasteiger partial charge in [0.05, 0.1) is 6.42 Å². The molecule has 2 aromatic rings. The van der Waals surface area contributed by atoms with Gasteiger partial charge in [0.25, 0.3) is 0 Å². The molecule has 2 rings (SSSR count). The van der Waals surface area contributed by atoms with Crippen LogP contribution >= 0.6 is 0 Å². The molecule has 2 aromatic carbocycles. The number of nitrogens with one attached hydrogen (secondary N) is 1. The molecule has 0 spiro atoms. The number of carbonyl (C=O) groups is 2. The van der Waals surface area contributed by atoms with Crippen molar-refractivity contribution in [1.29, 1.82) is 0 Å². The minimum absolute atomic E-state index is 0.0496. The van der Waals surface area contributed by atoms with E-state index in [2.05, 4.69) is 5.32 Å². The van der Waals surface area contributed by atoms with Crippen LogP contribution in [0.15, 0.2) is 48.5 Å². The van der Waals surface area contributed by atoms with Crippen molar-refractivity contribution in [3.63, 3.8) is 0 Å². The van der Waals surface area contributed by atoms with E-state index in [1.807, 2.05) is 83.1 Å². The molecular formula is C24H32N2O2. The van der Waals surface area contributed by atoms with Crippen molar-refractivity contribution in [2.24, 2.45) is 0 Å². The largest absolute Gasteiger partial charge is 0.350 e. The molecule has 0 saturated heterocycles. The Hall–Kier alpha value is -2.62. The van der Waals surface area contributed by atoms with Crippen LogP contribution in [0.1, 0.15) is 49.9 Å². The molecule has 1 unspecified atom stereocenters. The minimum Gasteiger partial charge on any atom is -0.350 e. The van der Waals surface area contributed by atoms with Crippen LogP contribution in [0.5, 0.6) is 0 Å². The second kappa shape index (κ2) is 9.05. The zero-order chi connectivity index (χ0) is 20.9. The number of carbonyl (C=O) groups excluding carboxylic acids is 2. The SMILES string of the molecule is Cc1ccc(CN(C(=O)Cc2ccccc2C)C(C)C(=O)NC(C)(C)C)cc1. The molecule has 0 aliphatic rings. The summed E-state index contributed by atoms with van der Waals surface area (Å²) in [5, 5.41) is 2.99. The number of rotatable bonds is 6. The van der Waals surface area contributed by atoms with Gasteiger partial charge in [0, 0.05) is 12.1 Å². The number of nitrogens with zero attached hydrogens (tertiary/aromatic N) is 1. The first-order valence-corrected chi connectivity index (χ1v) is 9.78. The first kappa shape index (κ1) is 21.7. The summed E-state index contributed by atoms with van der Waals surface area (Å²) in [4.78, 5) is 27.6. The van der Waals surface area contributed by atoms with Crippen LogP contribution in [0.2, 0.25) is 0 Å². The Balaban J connectivity index is 2.26. The van der Waals surface area contributed by atoms with Crippen LogP contribution in [0.4, 0.5) is 0 Å². The summed E-state index contributed by atoms with van der Waals surface area (Å²) >= 11 is 0. The molecular weight excluding hydrogens is 348 g/mol. The van der Waals surface area contributed by atoms with E-state index >= 15 is 0 Å². The molecule has 0 heterocycles. The second-order valence-electron chi connectivity index (χ2n) is 8.53. The third kappa shape index (κ3) is 6.22. The number of hydrogen-bond acceptors (Lipinski definition) is 2. The van der Waals surface area contributed by atoms with Gasteiger partial charge in [-0.05, 0) is 58.2 Å². The molecule has 150 valence electrons. The smallest absolute Gasteiger partial charge is 0.242 e. The van der Waals surface area contributed by atoms with E-state index < -0.39 is 6.04 Å². The molecule has 0 saturated carbocycles. The molecule has 4 heteroatoms. The van der Waals surface area contributed by atoms with Gasteiger partial charge < -0.3 is 10.2 Å². The normalized spacial score (nSPS) is 12.4. The Bertz CT molecular complexity index is 819. The van der Waals surface area contributed by atoms with Crippen molar-refractivity contribution in [2.75, 3.05) is 0 Å². The summed E-state index contributed by atoms with van der Waals surface area (Å²) in [6, 6.07) is 15.4. The third-order valence-electron chi connectivity index (χ3n) is 4.74. The van der Waals surface area contributed by atoms with Crippen molar-refractivity contribution in [2.45, 2.75) is 66.1 Å². The lowest BCUT2D eigenvalue weighted by molar-refractivity contribution is -0.140. The molecule has 0 radical (unpaired) electrons. The summed E-state index contributed by atoms with van der Waals surface area (Å²) in [6.45, 7) is 12.1. The van der Waals surface area contributed by atoms with Crippen LogP contribution in [0.25, 0.3) is 0 Å². The molecule has 1 atom stereocenters. The average Bonchev–Trinajstić information content (AvgIpc) is 2.61. The lowest BCUT2D eigenvalue weighted by Crippen LogP contribution is -2.52. The minimum atomic E-state index is -0.558.